The fraction of sp³-hybridized carbons (Fsp3) is 0.368. The van der Waals surface area contributed by atoms with Crippen LogP contribution in [0.2, 0.25) is 0 Å². The number of aromatic amines is 1. The zero-order valence-corrected chi connectivity index (χ0v) is 16.2. The van der Waals surface area contributed by atoms with Gasteiger partial charge in [0.15, 0.2) is 12.3 Å². The summed E-state index contributed by atoms with van der Waals surface area (Å²) >= 11 is 0. The van der Waals surface area contributed by atoms with Gasteiger partial charge < -0.3 is 15.4 Å². The molecule has 3 heterocycles. The number of nitrogens with zero attached hydrogens (tertiary/aromatic N) is 3. The van der Waals surface area contributed by atoms with Crippen LogP contribution >= 0.6 is 0 Å². The molecule has 1 aliphatic heterocycles. The van der Waals surface area contributed by atoms with E-state index in [0.29, 0.717) is 28.4 Å². The van der Waals surface area contributed by atoms with Crippen molar-refractivity contribution in [2.45, 2.75) is 39.3 Å². The molecule has 146 valence electrons. The molecule has 0 saturated heterocycles. The number of fused-ring (bicyclic) bond motifs is 2. The Morgan fingerprint density at radius 2 is 2.07 bits per heavy atom. The number of ether oxygens (including phenoxy) is 1. The first-order valence-electron chi connectivity index (χ1n) is 9.04. The van der Waals surface area contributed by atoms with Crippen LogP contribution in [-0.2, 0) is 10.3 Å². The van der Waals surface area contributed by atoms with E-state index >= 15 is 0 Å². The van der Waals surface area contributed by atoms with Crippen LogP contribution in [0.4, 0.5) is 11.6 Å². The fourth-order valence-corrected chi connectivity index (χ4v) is 3.14. The number of rotatable bonds is 3. The standard InChI is InChI=1S/C19H22N6O3/c1-10(11-5-6-14-13(7-11)22-15(26)9-28-14)21-18-23-16-12(17(27)24-18)8-20-25(16)19(2,3)4/h5-8,10H,9H2,1-4H3,(H,22,26)(H2,21,23,24,27). The van der Waals surface area contributed by atoms with Crippen LogP contribution in [0.1, 0.15) is 39.3 Å². The molecule has 9 heteroatoms. The summed E-state index contributed by atoms with van der Waals surface area (Å²) in [6.07, 6.45) is 1.53. The molecule has 4 rings (SSSR count). The van der Waals surface area contributed by atoms with Crippen LogP contribution < -0.4 is 20.9 Å². The number of H-pyrrole nitrogens is 1. The second-order valence-corrected chi connectivity index (χ2v) is 7.84. The van der Waals surface area contributed by atoms with Crippen molar-refractivity contribution in [2.75, 3.05) is 17.2 Å². The molecule has 1 amide bonds. The summed E-state index contributed by atoms with van der Waals surface area (Å²) in [5.41, 5.74) is 1.52. The topological polar surface area (TPSA) is 114 Å². The maximum Gasteiger partial charge on any atom is 0.263 e. The Hall–Kier alpha value is -3.36. The van der Waals surface area contributed by atoms with Crippen LogP contribution in [0.25, 0.3) is 11.0 Å². The number of benzene rings is 1. The van der Waals surface area contributed by atoms with Gasteiger partial charge in [0.2, 0.25) is 5.95 Å². The highest BCUT2D eigenvalue weighted by Crippen LogP contribution is 2.31. The van der Waals surface area contributed by atoms with E-state index in [1.54, 1.807) is 4.68 Å². The molecule has 1 aliphatic rings. The van der Waals surface area contributed by atoms with Gasteiger partial charge in [0.05, 0.1) is 23.5 Å². The number of carbonyl (C=O) groups is 1. The van der Waals surface area contributed by atoms with E-state index in [-0.39, 0.29) is 29.7 Å². The second-order valence-electron chi connectivity index (χ2n) is 7.84. The summed E-state index contributed by atoms with van der Waals surface area (Å²) in [6.45, 7) is 7.97. The summed E-state index contributed by atoms with van der Waals surface area (Å²) in [5, 5.41) is 10.8. The molecule has 3 N–H and O–H groups in total. The van der Waals surface area contributed by atoms with E-state index in [4.69, 9.17) is 4.74 Å². The highest BCUT2D eigenvalue weighted by Gasteiger charge is 2.21. The zero-order chi connectivity index (χ0) is 20.1. The van der Waals surface area contributed by atoms with Gasteiger partial charge in [0, 0.05) is 0 Å². The minimum Gasteiger partial charge on any atom is -0.482 e. The molecule has 1 atom stereocenters. The van der Waals surface area contributed by atoms with Gasteiger partial charge in [-0.2, -0.15) is 10.1 Å². The molecule has 2 aromatic heterocycles. The number of hydrogen-bond donors (Lipinski definition) is 3. The first-order valence-corrected chi connectivity index (χ1v) is 9.04. The summed E-state index contributed by atoms with van der Waals surface area (Å²) in [7, 11) is 0. The first kappa shape index (κ1) is 18.0. The van der Waals surface area contributed by atoms with Crippen molar-refractivity contribution in [3.63, 3.8) is 0 Å². The lowest BCUT2D eigenvalue weighted by atomic mass is 10.1. The van der Waals surface area contributed by atoms with E-state index in [1.165, 1.54) is 6.20 Å². The van der Waals surface area contributed by atoms with Crippen LogP contribution in [0.5, 0.6) is 5.75 Å². The van der Waals surface area contributed by atoms with Crippen molar-refractivity contribution < 1.29 is 9.53 Å². The van der Waals surface area contributed by atoms with E-state index < -0.39 is 0 Å². The van der Waals surface area contributed by atoms with E-state index in [1.807, 2.05) is 45.9 Å². The lowest BCUT2D eigenvalue weighted by molar-refractivity contribution is -0.118. The number of carbonyl (C=O) groups excluding carboxylic acids is 1. The Balaban J connectivity index is 1.65. The molecule has 1 unspecified atom stereocenters. The predicted molar refractivity (Wildman–Crippen MR) is 106 cm³/mol. The molecule has 0 spiro atoms. The maximum absolute atomic E-state index is 12.4. The lowest BCUT2D eigenvalue weighted by Gasteiger charge is -2.21. The average Bonchev–Trinajstić information content (AvgIpc) is 3.06. The molecule has 1 aromatic carbocycles. The van der Waals surface area contributed by atoms with Crippen molar-refractivity contribution in [3.8, 4) is 5.75 Å². The van der Waals surface area contributed by atoms with Crippen molar-refractivity contribution >= 4 is 28.6 Å². The van der Waals surface area contributed by atoms with Crippen LogP contribution in [0.3, 0.4) is 0 Å². The number of anilines is 2. The summed E-state index contributed by atoms with van der Waals surface area (Å²) < 4.78 is 7.12. The fourth-order valence-electron chi connectivity index (χ4n) is 3.14. The van der Waals surface area contributed by atoms with E-state index in [2.05, 4.69) is 25.7 Å². The molecular weight excluding hydrogens is 360 g/mol. The maximum atomic E-state index is 12.4. The quantitative estimate of drug-likeness (QED) is 0.641. The number of aromatic nitrogens is 4. The Morgan fingerprint density at radius 1 is 1.29 bits per heavy atom. The Kier molecular flexibility index (Phi) is 4.10. The third-order valence-corrected chi connectivity index (χ3v) is 4.56. The molecular formula is C19H22N6O3. The Bertz CT molecular complexity index is 1120. The highest BCUT2D eigenvalue weighted by atomic mass is 16.5. The lowest BCUT2D eigenvalue weighted by Crippen LogP contribution is -2.25. The van der Waals surface area contributed by atoms with Gasteiger partial charge in [-0.15, -0.1) is 0 Å². The minimum atomic E-state index is -0.303. The van der Waals surface area contributed by atoms with Crippen molar-refractivity contribution in [3.05, 3.63) is 40.3 Å². The van der Waals surface area contributed by atoms with E-state index in [9.17, 15) is 9.59 Å². The molecule has 9 nitrogen and oxygen atoms in total. The zero-order valence-electron chi connectivity index (χ0n) is 16.2. The normalized spacial score (nSPS) is 14.9. The predicted octanol–water partition coefficient (Wildman–Crippen LogP) is 2.38. The number of nitrogens with one attached hydrogen (secondary N) is 3. The van der Waals surface area contributed by atoms with Gasteiger partial charge in [0.25, 0.3) is 11.5 Å². The van der Waals surface area contributed by atoms with E-state index in [0.717, 1.165) is 5.56 Å². The van der Waals surface area contributed by atoms with Crippen molar-refractivity contribution in [2.24, 2.45) is 0 Å². The van der Waals surface area contributed by atoms with Crippen molar-refractivity contribution in [1.82, 2.24) is 19.7 Å². The summed E-state index contributed by atoms with van der Waals surface area (Å²) in [5.74, 6) is 0.809. The third-order valence-electron chi connectivity index (χ3n) is 4.56. The minimum absolute atomic E-state index is 0.0206. The van der Waals surface area contributed by atoms with Gasteiger partial charge >= 0.3 is 0 Å². The molecule has 0 radical (unpaired) electrons. The van der Waals surface area contributed by atoms with Gasteiger partial charge in [-0.3, -0.25) is 14.6 Å². The molecule has 3 aromatic rings. The molecule has 0 fully saturated rings. The first-order chi connectivity index (χ1) is 13.2. The second kappa shape index (κ2) is 6.36. The number of amides is 1. The monoisotopic (exact) mass is 382 g/mol. The molecule has 0 saturated carbocycles. The largest absolute Gasteiger partial charge is 0.482 e. The van der Waals surface area contributed by atoms with Crippen molar-refractivity contribution in [1.29, 1.82) is 0 Å². The van der Waals surface area contributed by atoms with Crippen LogP contribution in [0.15, 0.2) is 29.2 Å². The number of hydrogen-bond acceptors (Lipinski definition) is 6. The smallest absolute Gasteiger partial charge is 0.263 e. The SMILES string of the molecule is CC(Nc1nc2c(cnn2C(C)(C)C)c(=O)[nH]1)c1ccc2c(c1)NC(=O)CO2. The summed E-state index contributed by atoms with van der Waals surface area (Å²) in [6, 6.07) is 5.40. The summed E-state index contributed by atoms with van der Waals surface area (Å²) in [4.78, 5) is 31.3. The van der Waals surface area contributed by atoms with Gasteiger partial charge in [0.1, 0.15) is 11.1 Å². The van der Waals surface area contributed by atoms with Crippen LogP contribution in [0, 0.1) is 0 Å². The van der Waals surface area contributed by atoms with Crippen LogP contribution in [-0.4, -0.2) is 32.3 Å². The van der Waals surface area contributed by atoms with Gasteiger partial charge in [-0.1, -0.05) is 6.07 Å². The molecule has 28 heavy (non-hydrogen) atoms. The molecule has 0 bridgehead atoms. The Labute approximate surface area is 161 Å². The van der Waals surface area contributed by atoms with Gasteiger partial charge in [-0.05, 0) is 45.4 Å². The highest BCUT2D eigenvalue weighted by molar-refractivity contribution is 5.95. The van der Waals surface area contributed by atoms with Gasteiger partial charge in [-0.25, -0.2) is 4.68 Å². The third kappa shape index (κ3) is 3.19. The molecule has 0 aliphatic carbocycles. The Morgan fingerprint density at radius 3 is 2.82 bits per heavy atom. The average molecular weight is 382 g/mol.